The number of pyridine rings is 1. The van der Waals surface area contributed by atoms with Crippen LogP contribution in [0.25, 0.3) is 11.3 Å². The van der Waals surface area contributed by atoms with E-state index < -0.39 is 17.6 Å². The Morgan fingerprint density at radius 3 is 2.44 bits per heavy atom. The van der Waals surface area contributed by atoms with Crippen LogP contribution in [0.1, 0.15) is 5.56 Å². The van der Waals surface area contributed by atoms with Crippen molar-refractivity contribution in [2.24, 2.45) is 0 Å². The molecule has 6 nitrogen and oxygen atoms in total. The van der Waals surface area contributed by atoms with Crippen molar-refractivity contribution in [1.82, 2.24) is 15.0 Å². The number of hydrogen-bond donors (Lipinski definition) is 3. The van der Waals surface area contributed by atoms with E-state index in [1.807, 2.05) is 0 Å². The summed E-state index contributed by atoms with van der Waals surface area (Å²) in [5.41, 5.74) is -0.138. The Labute approximate surface area is 139 Å². The van der Waals surface area contributed by atoms with Gasteiger partial charge in [0.2, 0.25) is 5.95 Å². The minimum absolute atomic E-state index is 0.0886. The molecule has 0 saturated heterocycles. The van der Waals surface area contributed by atoms with E-state index in [-0.39, 0.29) is 17.4 Å². The molecule has 0 aliphatic heterocycles. The highest BCUT2D eigenvalue weighted by atomic mass is 19.4. The second-order valence-corrected chi connectivity index (χ2v) is 4.99. The Bertz CT molecular complexity index is 916. The summed E-state index contributed by atoms with van der Waals surface area (Å²) < 4.78 is 39.0. The maximum atomic E-state index is 13.0. The zero-order valence-electron chi connectivity index (χ0n) is 12.5. The molecule has 0 radical (unpaired) electrons. The molecule has 0 spiro atoms. The fraction of sp³-hybridized carbons (Fsp3) is 0.0625. The predicted molar refractivity (Wildman–Crippen MR) is 83.3 cm³/mol. The third-order valence-corrected chi connectivity index (χ3v) is 3.27. The van der Waals surface area contributed by atoms with Crippen LogP contribution in [0.15, 0.2) is 48.8 Å². The van der Waals surface area contributed by atoms with Gasteiger partial charge in [0, 0.05) is 18.0 Å². The summed E-state index contributed by atoms with van der Waals surface area (Å²) in [4.78, 5) is 11.7. The topological polar surface area (TPSA) is 91.2 Å². The first-order chi connectivity index (χ1) is 11.8. The van der Waals surface area contributed by atoms with E-state index in [2.05, 4.69) is 20.3 Å². The molecule has 1 aromatic carbocycles. The fourth-order valence-electron chi connectivity index (χ4n) is 2.10. The van der Waals surface area contributed by atoms with Crippen LogP contribution in [0, 0.1) is 0 Å². The van der Waals surface area contributed by atoms with Gasteiger partial charge in [-0.15, -0.1) is 0 Å². The van der Waals surface area contributed by atoms with Crippen molar-refractivity contribution in [3.8, 4) is 22.8 Å². The minimum atomic E-state index is -4.57. The number of aromatic nitrogens is 3. The molecule has 0 amide bonds. The molecule has 0 saturated carbocycles. The van der Waals surface area contributed by atoms with Crippen molar-refractivity contribution in [3.63, 3.8) is 0 Å². The largest absolute Gasteiger partial charge is 0.504 e. The van der Waals surface area contributed by atoms with Gasteiger partial charge in [-0.2, -0.15) is 13.2 Å². The number of nitrogens with zero attached hydrogens (tertiary/aromatic N) is 3. The van der Waals surface area contributed by atoms with Crippen molar-refractivity contribution in [3.05, 3.63) is 54.4 Å². The maximum absolute atomic E-state index is 13.0. The fourth-order valence-corrected chi connectivity index (χ4v) is 2.10. The third kappa shape index (κ3) is 3.60. The number of phenolic OH excluding ortho intramolecular Hbond substituents is 2. The van der Waals surface area contributed by atoms with Gasteiger partial charge in [0.25, 0.3) is 0 Å². The standard InChI is InChI=1S/C16H11F3N4O2/c17-16(18,19)10-2-1-6-20-14(10)23-15-21-7-5-11(22-15)9-3-4-12(24)13(25)8-9/h1-8,24-25H,(H,20,21,22,23). The van der Waals surface area contributed by atoms with E-state index in [0.717, 1.165) is 6.07 Å². The Kier molecular flexibility index (Phi) is 4.14. The van der Waals surface area contributed by atoms with Gasteiger partial charge in [0.1, 0.15) is 5.82 Å². The summed E-state index contributed by atoms with van der Waals surface area (Å²) in [7, 11) is 0. The normalized spacial score (nSPS) is 11.3. The van der Waals surface area contributed by atoms with Crippen LogP contribution in [0.4, 0.5) is 24.9 Å². The zero-order valence-corrected chi connectivity index (χ0v) is 12.5. The highest BCUT2D eigenvalue weighted by molar-refractivity contribution is 5.65. The lowest BCUT2D eigenvalue weighted by atomic mass is 10.1. The Morgan fingerprint density at radius 1 is 0.920 bits per heavy atom. The molecule has 0 fully saturated rings. The van der Waals surface area contributed by atoms with Crippen LogP contribution < -0.4 is 5.32 Å². The number of phenols is 2. The van der Waals surface area contributed by atoms with E-state index in [1.54, 1.807) is 0 Å². The quantitative estimate of drug-likeness (QED) is 0.625. The number of alkyl halides is 3. The highest BCUT2D eigenvalue weighted by Crippen LogP contribution is 2.34. The number of benzene rings is 1. The van der Waals surface area contributed by atoms with Crippen molar-refractivity contribution in [1.29, 1.82) is 0 Å². The van der Waals surface area contributed by atoms with Gasteiger partial charge in [-0.3, -0.25) is 0 Å². The van der Waals surface area contributed by atoms with Crippen molar-refractivity contribution >= 4 is 11.8 Å². The average molecular weight is 348 g/mol. The van der Waals surface area contributed by atoms with Crippen molar-refractivity contribution < 1.29 is 23.4 Å². The first kappa shape index (κ1) is 16.5. The van der Waals surface area contributed by atoms with Crippen LogP contribution >= 0.6 is 0 Å². The zero-order chi connectivity index (χ0) is 18.0. The molecule has 0 aliphatic carbocycles. The summed E-state index contributed by atoms with van der Waals surface area (Å²) in [6.07, 6.45) is -2.00. The van der Waals surface area contributed by atoms with E-state index in [9.17, 15) is 23.4 Å². The molecule has 25 heavy (non-hydrogen) atoms. The lowest BCUT2D eigenvalue weighted by Crippen LogP contribution is -2.11. The molecular formula is C16H11F3N4O2. The molecule has 2 heterocycles. The second kappa shape index (κ2) is 6.27. The number of anilines is 2. The molecule has 0 bridgehead atoms. The predicted octanol–water partition coefficient (Wildman–Crippen LogP) is 3.71. The number of rotatable bonds is 3. The van der Waals surface area contributed by atoms with Gasteiger partial charge in [0.15, 0.2) is 11.5 Å². The molecular weight excluding hydrogens is 337 g/mol. The van der Waals surface area contributed by atoms with Gasteiger partial charge in [-0.25, -0.2) is 15.0 Å². The summed E-state index contributed by atoms with van der Waals surface area (Å²) in [6, 6.07) is 7.66. The number of nitrogens with one attached hydrogen (secondary N) is 1. The maximum Gasteiger partial charge on any atom is 0.419 e. The molecule has 2 aromatic heterocycles. The van der Waals surface area contributed by atoms with Crippen LogP contribution in [-0.2, 0) is 6.18 Å². The molecule has 0 atom stereocenters. The molecule has 3 N–H and O–H groups in total. The van der Waals surface area contributed by atoms with E-state index in [1.165, 1.54) is 42.7 Å². The lowest BCUT2D eigenvalue weighted by Gasteiger charge is -2.12. The highest BCUT2D eigenvalue weighted by Gasteiger charge is 2.34. The van der Waals surface area contributed by atoms with Crippen molar-refractivity contribution in [2.75, 3.05) is 5.32 Å². The van der Waals surface area contributed by atoms with Crippen LogP contribution in [0.5, 0.6) is 11.5 Å². The Morgan fingerprint density at radius 2 is 1.72 bits per heavy atom. The van der Waals surface area contributed by atoms with Crippen LogP contribution in [-0.4, -0.2) is 25.2 Å². The summed E-state index contributed by atoms with van der Waals surface area (Å²) >= 11 is 0. The molecule has 3 aromatic rings. The first-order valence-electron chi connectivity index (χ1n) is 6.99. The SMILES string of the molecule is Oc1ccc(-c2ccnc(Nc3ncccc3C(F)(F)F)n2)cc1O. The van der Waals surface area contributed by atoms with Gasteiger partial charge in [-0.05, 0) is 36.4 Å². The van der Waals surface area contributed by atoms with E-state index >= 15 is 0 Å². The summed E-state index contributed by atoms with van der Waals surface area (Å²) in [5, 5.41) is 21.3. The van der Waals surface area contributed by atoms with Gasteiger partial charge in [-0.1, -0.05) is 0 Å². The Hall–Kier alpha value is -3.36. The smallest absolute Gasteiger partial charge is 0.419 e. The average Bonchev–Trinajstić information content (AvgIpc) is 2.57. The lowest BCUT2D eigenvalue weighted by molar-refractivity contribution is -0.137. The summed E-state index contributed by atoms with van der Waals surface area (Å²) in [6.45, 7) is 0. The molecule has 128 valence electrons. The van der Waals surface area contributed by atoms with Gasteiger partial charge < -0.3 is 15.5 Å². The minimum Gasteiger partial charge on any atom is -0.504 e. The molecule has 3 rings (SSSR count). The molecule has 0 unspecified atom stereocenters. The van der Waals surface area contributed by atoms with Gasteiger partial charge >= 0.3 is 6.18 Å². The van der Waals surface area contributed by atoms with Crippen molar-refractivity contribution in [2.45, 2.75) is 6.18 Å². The second-order valence-electron chi connectivity index (χ2n) is 4.99. The number of hydrogen-bond acceptors (Lipinski definition) is 6. The number of halogens is 3. The third-order valence-electron chi connectivity index (χ3n) is 3.27. The summed E-state index contributed by atoms with van der Waals surface area (Å²) in [5.74, 6) is -1.14. The van der Waals surface area contributed by atoms with Gasteiger partial charge in [0.05, 0.1) is 11.3 Å². The monoisotopic (exact) mass is 348 g/mol. The first-order valence-corrected chi connectivity index (χ1v) is 6.99. The number of aromatic hydroxyl groups is 2. The molecule has 9 heteroatoms. The van der Waals surface area contributed by atoms with Crippen LogP contribution in [0.3, 0.4) is 0 Å². The van der Waals surface area contributed by atoms with Crippen LogP contribution in [0.2, 0.25) is 0 Å². The van der Waals surface area contributed by atoms with E-state index in [0.29, 0.717) is 11.3 Å². The Balaban J connectivity index is 1.94. The van der Waals surface area contributed by atoms with E-state index in [4.69, 9.17) is 0 Å². The molecule has 0 aliphatic rings.